The molecule has 0 heterocycles. The molecule has 1 unspecified atom stereocenters. The molecule has 9 nitrogen and oxygen atoms in total. The van der Waals surface area contributed by atoms with Gasteiger partial charge in [-0.15, -0.1) is 0 Å². The highest BCUT2D eigenvalue weighted by atomic mass is 16.6. The van der Waals surface area contributed by atoms with Gasteiger partial charge in [0, 0.05) is 26.2 Å². The first-order valence-corrected chi connectivity index (χ1v) is 15.5. The SMILES string of the molecule is NC(Cc1ccccc1)C(=O)N(CCCCCCCNC(=O)OCc1ccccc1)CCCNC(=O)OCc1ccccc1. The average molecular weight is 603 g/mol. The molecule has 3 aromatic rings. The second kappa shape index (κ2) is 20.5. The standard InChI is InChI=1S/C35H46N4O5/c36-32(26-29-16-7-4-8-17-29)33(40)39(25-15-23-38-35(42)44-28-31-20-11-6-12-21-31)24-14-3-1-2-13-22-37-34(41)43-27-30-18-9-5-10-19-30/h4-12,16-21,32H,1-3,13-15,22-28,36H2,(H,37,41)(H,38,42). The predicted octanol–water partition coefficient (Wildman–Crippen LogP) is 5.58. The molecule has 0 bridgehead atoms. The van der Waals surface area contributed by atoms with Crippen molar-refractivity contribution in [2.45, 2.75) is 64.2 Å². The van der Waals surface area contributed by atoms with Crippen LogP contribution < -0.4 is 16.4 Å². The third-order valence-corrected chi connectivity index (χ3v) is 7.10. The second-order valence-electron chi connectivity index (χ2n) is 10.7. The van der Waals surface area contributed by atoms with E-state index in [1.165, 1.54) is 0 Å². The molecular formula is C35H46N4O5. The van der Waals surface area contributed by atoms with E-state index in [0.717, 1.165) is 48.8 Å². The van der Waals surface area contributed by atoms with Crippen LogP contribution in [-0.4, -0.2) is 55.2 Å². The van der Waals surface area contributed by atoms with Gasteiger partial charge < -0.3 is 30.7 Å². The van der Waals surface area contributed by atoms with Crippen LogP contribution >= 0.6 is 0 Å². The highest BCUT2D eigenvalue weighted by molar-refractivity contribution is 5.82. The number of unbranched alkanes of at least 4 members (excludes halogenated alkanes) is 4. The van der Waals surface area contributed by atoms with Crippen molar-refractivity contribution in [1.82, 2.24) is 15.5 Å². The quantitative estimate of drug-likeness (QED) is 0.154. The fourth-order valence-electron chi connectivity index (χ4n) is 4.68. The Morgan fingerprint density at radius 3 is 1.57 bits per heavy atom. The lowest BCUT2D eigenvalue weighted by Crippen LogP contribution is -2.46. The van der Waals surface area contributed by atoms with Gasteiger partial charge in [0.25, 0.3) is 0 Å². The minimum atomic E-state index is -0.631. The lowest BCUT2D eigenvalue weighted by Gasteiger charge is -2.26. The number of nitrogens with zero attached hydrogens (tertiary/aromatic N) is 1. The third kappa shape index (κ3) is 14.2. The van der Waals surface area contributed by atoms with Crippen molar-refractivity contribution < 1.29 is 23.9 Å². The van der Waals surface area contributed by atoms with Crippen molar-refractivity contribution in [3.8, 4) is 0 Å². The Morgan fingerprint density at radius 1 is 0.591 bits per heavy atom. The zero-order valence-corrected chi connectivity index (χ0v) is 25.5. The number of alkyl carbamates (subject to hydrolysis) is 2. The number of carbonyl (C=O) groups excluding carboxylic acids is 3. The maximum atomic E-state index is 13.3. The van der Waals surface area contributed by atoms with Crippen LogP contribution in [0.25, 0.3) is 0 Å². The predicted molar refractivity (Wildman–Crippen MR) is 172 cm³/mol. The van der Waals surface area contributed by atoms with Gasteiger partial charge in [-0.25, -0.2) is 9.59 Å². The average Bonchev–Trinajstić information content (AvgIpc) is 3.06. The zero-order chi connectivity index (χ0) is 31.2. The normalized spacial score (nSPS) is 11.3. The molecule has 0 aliphatic heterocycles. The van der Waals surface area contributed by atoms with Gasteiger partial charge in [-0.05, 0) is 42.4 Å². The molecule has 0 aliphatic rings. The van der Waals surface area contributed by atoms with E-state index in [9.17, 15) is 14.4 Å². The summed E-state index contributed by atoms with van der Waals surface area (Å²) in [5, 5.41) is 5.56. The molecule has 3 amide bonds. The number of amides is 3. The summed E-state index contributed by atoms with van der Waals surface area (Å²) in [4.78, 5) is 39.1. The molecule has 0 saturated carbocycles. The van der Waals surface area contributed by atoms with Gasteiger partial charge in [0.05, 0.1) is 6.04 Å². The summed E-state index contributed by atoms with van der Waals surface area (Å²) >= 11 is 0. The van der Waals surface area contributed by atoms with E-state index in [2.05, 4.69) is 10.6 Å². The molecule has 44 heavy (non-hydrogen) atoms. The van der Waals surface area contributed by atoms with Crippen LogP contribution in [0.3, 0.4) is 0 Å². The van der Waals surface area contributed by atoms with Crippen LogP contribution in [0, 0.1) is 0 Å². The molecule has 3 aromatic carbocycles. The summed E-state index contributed by atoms with van der Waals surface area (Å²) in [6.07, 6.45) is 4.81. The molecule has 0 radical (unpaired) electrons. The number of hydrogen-bond acceptors (Lipinski definition) is 6. The lowest BCUT2D eigenvalue weighted by molar-refractivity contribution is -0.132. The van der Waals surface area contributed by atoms with Gasteiger partial charge in [-0.2, -0.15) is 0 Å². The molecule has 1 atom stereocenters. The summed E-state index contributed by atoms with van der Waals surface area (Å²) in [5.41, 5.74) is 9.23. The van der Waals surface area contributed by atoms with Crippen molar-refractivity contribution in [2.75, 3.05) is 26.2 Å². The summed E-state index contributed by atoms with van der Waals surface area (Å²) in [6.45, 7) is 2.52. The zero-order valence-electron chi connectivity index (χ0n) is 25.5. The van der Waals surface area contributed by atoms with E-state index >= 15 is 0 Å². The Bertz CT molecular complexity index is 1230. The Kier molecular flexibility index (Phi) is 15.9. The fraction of sp³-hybridized carbons (Fsp3) is 0.400. The number of hydrogen-bond donors (Lipinski definition) is 3. The van der Waals surface area contributed by atoms with Crippen molar-refractivity contribution in [3.05, 3.63) is 108 Å². The molecule has 0 aliphatic carbocycles. The number of nitrogens with one attached hydrogen (secondary N) is 2. The Hall–Kier alpha value is -4.37. The summed E-state index contributed by atoms with van der Waals surface area (Å²) in [7, 11) is 0. The maximum Gasteiger partial charge on any atom is 0.407 e. The fourth-order valence-corrected chi connectivity index (χ4v) is 4.68. The van der Waals surface area contributed by atoms with Crippen LogP contribution in [0.15, 0.2) is 91.0 Å². The minimum Gasteiger partial charge on any atom is -0.445 e. The van der Waals surface area contributed by atoms with Crippen molar-refractivity contribution in [2.24, 2.45) is 5.73 Å². The highest BCUT2D eigenvalue weighted by Gasteiger charge is 2.21. The number of nitrogens with two attached hydrogens (primary N) is 1. The largest absolute Gasteiger partial charge is 0.445 e. The van der Waals surface area contributed by atoms with E-state index in [1.807, 2.05) is 95.9 Å². The first-order valence-electron chi connectivity index (χ1n) is 15.5. The third-order valence-electron chi connectivity index (χ3n) is 7.10. The van der Waals surface area contributed by atoms with Crippen LogP contribution in [0.2, 0.25) is 0 Å². The molecule has 4 N–H and O–H groups in total. The van der Waals surface area contributed by atoms with E-state index in [1.54, 1.807) is 0 Å². The van der Waals surface area contributed by atoms with Crippen molar-refractivity contribution >= 4 is 18.1 Å². The molecular weight excluding hydrogens is 556 g/mol. The molecule has 0 aromatic heterocycles. The van der Waals surface area contributed by atoms with Crippen LogP contribution in [-0.2, 0) is 33.9 Å². The van der Waals surface area contributed by atoms with Crippen LogP contribution in [0.1, 0.15) is 55.2 Å². The second-order valence-corrected chi connectivity index (χ2v) is 10.7. The van der Waals surface area contributed by atoms with Gasteiger partial charge in [0.2, 0.25) is 5.91 Å². The summed E-state index contributed by atoms with van der Waals surface area (Å²) < 4.78 is 10.5. The molecule has 236 valence electrons. The monoisotopic (exact) mass is 602 g/mol. The topological polar surface area (TPSA) is 123 Å². The van der Waals surface area contributed by atoms with Crippen LogP contribution in [0.4, 0.5) is 9.59 Å². The van der Waals surface area contributed by atoms with E-state index in [-0.39, 0.29) is 19.1 Å². The van der Waals surface area contributed by atoms with Crippen LogP contribution in [0.5, 0.6) is 0 Å². The van der Waals surface area contributed by atoms with E-state index in [4.69, 9.17) is 15.2 Å². The molecule has 0 saturated heterocycles. The summed E-state index contributed by atoms with van der Waals surface area (Å²) in [5.74, 6) is -0.0845. The van der Waals surface area contributed by atoms with Gasteiger partial charge in [-0.1, -0.05) is 110 Å². The Morgan fingerprint density at radius 2 is 1.02 bits per heavy atom. The van der Waals surface area contributed by atoms with Gasteiger partial charge in [-0.3, -0.25) is 4.79 Å². The molecule has 3 rings (SSSR count). The Balaban J connectivity index is 1.33. The van der Waals surface area contributed by atoms with Crippen molar-refractivity contribution in [1.29, 1.82) is 0 Å². The molecule has 0 fully saturated rings. The van der Waals surface area contributed by atoms with Gasteiger partial charge in [0.1, 0.15) is 13.2 Å². The maximum absolute atomic E-state index is 13.3. The first kappa shape index (κ1) is 34.1. The Labute approximate surface area is 261 Å². The lowest BCUT2D eigenvalue weighted by atomic mass is 10.1. The van der Waals surface area contributed by atoms with Gasteiger partial charge >= 0.3 is 12.2 Å². The number of rotatable bonds is 19. The van der Waals surface area contributed by atoms with E-state index in [0.29, 0.717) is 39.0 Å². The number of ether oxygens (including phenoxy) is 2. The number of carbonyl (C=O) groups is 3. The summed E-state index contributed by atoms with van der Waals surface area (Å²) in [6, 6.07) is 28.2. The molecule has 0 spiro atoms. The van der Waals surface area contributed by atoms with Gasteiger partial charge in [0.15, 0.2) is 0 Å². The van der Waals surface area contributed by atoms with Crippen molar-refractivity contribution in [3.63, 3.8) is 0 Å². The first-order chi connectivity index (χ1) is 21.5. The number of benzene rings is 3. The molecule has 9 heteroatoms. The smallest absolute Gasteiger partial charge is 0.407 e. The highest BCUT2D eigenvalue weighted by Crippen LogP contribution is 2.09. The van der Waals surface area contributed by atoms with E-state index < -0.39 is 18.2 Å². The minimum absolute atomic E-state index is 0.0845.